The molecule has 32 heavy (non-hydrogen) atoms. The number of hydrogen-bond acceptors (Lipinski definition) is 8. The SMILES string of the molecule is O=CN1CCN(C[C@H](O)COc2ccc(OC[C@H](O)CN3CCN(C=O)CC3)cc2)CC1. The fourth-order valence-corrected chi connectivity index (χ4v) is 3.82. The number of piperazine rings is 2. The number of carbonyl (C=O) groups excluding carboxylic acids is 2. The molecule has 2 saturated heterocycles. The maximum absolute atomic E-state index is 10.8. The third kappa shape index (κ3) is 7.94. The molecule has 3 rings (SSSR count). The van der Waals surface area contributed by atoms with Crippen LogP contribution < -0.4 is 9.47 Å². The molecule has 0 aromatic heterocycles. The van der Waals surface area contributed by atoms with Gasteiger partial charge in [0, 0.05) is 65.4 Å². The Morgan fingerprint density at radius 1 is 0.688 bits per heavy atom. The number of hydrogen-bond donors (Lipinski definition) is 2. The summed E-state index contributed by atoms with van der Waals surface area (Å²) < 4.78 is 11.3. The van der Waals surface area contributed by atoms with E-state index in [2.05, 4.69) is 9.80 Å². The second-order valence-electron chi connectivity index (χ2n) is 8.29. The standard InChI is InChI=1S/C22H34N4O6/c27-17-25-9-5-23(6-10-25)13-19(29)15-31-21-1-2-22(4-3-21)32-16-20(30)14-24-7-11-26(18-28)12-8-24/h1-4,17-20,29-30H,5-16H2/t19-,20+. The largest absolute Gasteiger partial charge is 0.491 e. The predicted molar refractivity (Wildman–Crippen MR) is 118 cm³/mol. The van der Waals surface area contributed by atoms with Crippen molar-refractivity contribution in [1.82, 2.24) is 19.6 Å². The van der Waals surface area contributed by atoms with Crippen LogP contribution in [0.3, 0.4) is 0 Å². The molecule has 2 aliphatic heterocycles. The van der Waals surface area contributed by atoms with E-state index in [0.29, 0.717) is 50.8 Å². The van der Waals surface area contributed by atoms with E-state index in [1.165, 1.54) is 0 Å². The van der Waals surface area contributed by atoms with Gasteiger partial charge < -0.3 is 29.5 Å². The molecule has 0 bridgehead atoms. The van der Waals surface area contributed by atoms with Gasteiger partial charge >= 0.3 is 0 Å². The van der Waals surface area contributed by atoms with Crippen LogP contribution >= 0.6 is 0 Å². The smallest absolute Gasteiger partial charge is 0.209 e. The number of rotatable bonds is 12. The maximum Gasteiger partial charge on any atom is 0.209 e. The highest BCUT2D eigenvalue weighted by Crippen LogP contribution is 2.18. The van der Waals surface area contributed by atoms with Gasteiger partial charge in [-0.1, -0.05) is 0 Å². The van der Waals surface area contributed by atoms with Gasteiger partial charge in [0.15, 0.2) is 0 Å². The van der Waals surface area contributed by atoms with Crippen LogP contribution in [0.4, 0.5) is 0 Å². The molecule has 0 aliphatic carbocycles. The third-order valence-electron chi connectivity index (χ3n) is 5.76. The van der Waals surface area contributed by atoms with Crippen LogP contribution in [0.15, 0.2) is 24.3 Å². The number of amides is 2. The van der Waals surface area contributed by atoms with Crippen molar-refractivity contribution in [3.8, 4) is 11.5 Å². The van der Waals surface area contributed by atoms with Crippen LogP contribution in [-0.2, 0) is 9.59 Å². The average molecular weight is 451 g/mol. The first-order chi connectivity index (χ1) is 15.6. The second kappa shape index (κ2) is 12.6. The molecule has 0 unspecified atom stereocenters. The van der Waals surface area contributed by atoms with E-state index in [1.54, 1.807) is 34.1 Å². The van der Waals surface area contributed by atoms with E-state index in [4.69, 9.17) is 9.47 Å². The molecule has 0 radical (unpaired) electrons. The topological polar surface area (TPSA) is 106 Å². The third-order valence-corrected chi connectivity index (χ3v) is 5.76. The summed E-state index contributed by atoms with van der Waals surface area (Å²) >= 11 is 0. The zero-order chi connectivity index (χ0) is 22.8. The van der Waals surface area contributed by atoms with Gasteiger partial charge in [-0.2, -0.15) is 0 Å². The molecule has 2 amide bonds. The number of β-amino-alcohol motifs (C(OH)–C–C–N with tert-alkyl or cyclic N) is 2. The highest BCUT2D eigenvalue weighted by molar-refractivity contribution is 5.47. The zero-order valence-corrected chi connectivity index (χ0v) is 18.4. The van der Waals surface area contributed by atoms with Gasteiger partial charge in [0.05, 0.1) is 0 Å². The summed E-state index contributed by atoms with van der Waals surface area (Å²) in [5, 5.41) is 20.4. The van der Waals surface area contributed by atoms with Gasteiger partial charge in [-0.15, -0.1) is 0 Å². The Balaban J connectivity index is 1.30. The molecule has 10 nitrogen and oxygen atoms in total. The second-order valence-corrected chi connectivity index (χ2v) is 8.29. The molecule has 178 valence electrons. The summed E-state index contributed by atoms with van der Waals surface area (Å²) in [6, 6.07) is 7.09. The van der Waals surface area contributed by atoms with E-state index in [9.17, 15) is 19.8 Å². The lowest BCUT2D eigenvalue weighted by Gasteiger charge is -2.33. The number of nitrogens with zero attached hydrogens (tertiary/aromatic N) is 4. The van der Waals surface area contributed by atoms with Crippen molar-refractivity contribution in [2.24, 2.45) is 0 Å². The lowest BCUT2D eigenvalue weighted by atomic mass is 10.2. The van der Waals surface area contributed by atoms with Crippen LogP contribution in [0, 0.1) is 0 Å². The Morgan fingerprint density at radius 3 is 1.34 bits per heavy atom. The fourth-order valence-electron chi connectivity index (χ4n) is 3.82. The van der Waals surface area contributed by atoms with E-state index in [-0.39, 0.29) is 13.2 Å². The van der Waals surface area contributed by atoms with Gasteiger partial charge in [-0.05, 0) is 24.3 Å². The molecular weight excluding hydrogens is 416 g/mol. The number of aliphatic hydroxyl groups excluding tert-OH is 2. The van der Waals surface area contributed by atoms with E-state index in [1.807, 2.05) is 0 Å². The highest BCUT2D eigenvalue weighted by Gasteiger charge is 2.19. The lowest BCUT2D eigenvalue weighted by molar-refractivity contribution is -0.120. The summed E-state index contributed by atoms with van der Waals surface area (Å²) in [5.41, 5.74) is 0. The fraction of sp³-hybridized carbons (Fsp3) is 0.636. The summed E-state index contributed by atoms with van der Waals surface area (Å²) in [4.78, 5) is 29.2. The van der Waals surface area contributed by atoms with Gasteiger partial charge in [0.25, 0.3) is 0 Å². The van der Waals surface area contributed by atoms with Gasteiger partial charge in [0.2, 0.25) is 12.8 Å². The molecule has 0 saturated carbocycles. The van der Waals surface area contributed by atoms with Crippen LogP contribution in [0.5, 0.6) is 11.5 Å². The molecule has 2 fully saturated rings. The van der Waals surface area contributed by atoms with Crippen LogP contribution in [0.1, 0.15) is 0 Å². The molecular formula is C22H34N4O6. The number of carbonyl (C=O) groups is 2. The average Bonchev–Trinajstić information content (AvgIpc) is 2.83. The molecule has 2 heterocycles. The molecule has 2 aliphatic rings. The quantitative estimate of drug-likeness (QED) is 0.379. The zero-order valence-electron chi connectivity index (χ0n) is 18.4. The first kappa shape index (κ1) is 24.2. The minimum atomic E-state index is -0.614. The molecule has 2 atom stereocenters. The normalized spacial score (nSPS) is 19.9. The first-order valence-corrected chi connectivity index (χ1v) is 11.1. The van der Waals surface area contributed by atoms with Crippen molar-refractivity contribution in [2.45, 2.75) is 12.2 Å². The Bertz CT molecular complexity index is 631. The summed E-state index contributed by atoms with van der Waals surface area (Å²) in [6.45, 7) is 7.14. The summed E-state index contributed by atoms with van der Waals surface area (Å²) in [7, 11) is 0. The van der Waals surface area contributed by atoms with Crippen molar-refractivity contribution in [2.75, 3.05) is 78.7 Å². The van der Waals surface area contributed by atoms with E-state index >= 15 is 0 Å². The molecule has 1 aromatic carbocycles. The maximum atomic E-state index is 10.8. The summed E-state index contributed by atoms with van der Waals surface area (Å²) in [5.74, 6) is 1.27. The van der Waals surface area contributed by atoms with Gasteiger partial charge in [-0.3, -0.25) is 19.4 Å². The Kier molecular flexibility index (Phi) is 9.54. The molecule has 2 N–H and O–H groups in total. The van der Waals surface area contributed by atoms with Crippen molar-refractivity contribution >= 4 is 12.8 Å². The highest BCUT2D eigenvalue weighted by atomic mass is 16.5. The minimum Gasteiger partial charge on any atom is -0.491 e. The molecule has 0 spiro atoms. The first-order valence-electron chi connectivity index (χ1n) is 11.1. The van der Waals surface area contributed by atoms with Crippen molar-refractivity contribution < 1.29 is 29.3 Å². The molecule has 10 heteroatoms. The van der Waals surface area contributed by atoms with Crippen molar-refractivity contribution in [1.29, 1.82) is 0 Å². The number of ether oxygens (including phenoxy) is 2. The van der Waals surface area contributed by atoms with Gasteiger partial charge in [-0.25, -0.2) is 0 Å². The van der Waals surface area contributed by atoms with E-state index in [0.717, 1.165) is 39.0 Å². The lowest BCUT2D eigenvalue weighted by Crippen LogP contribution is -2.48. The minimum absolute atomic E-state index is 0.185. The van der Waals surface area contributed by atoms with Crippen molar-refractivity contribution in [3.63, 3.8) is 0 Å². The summed E-state index contributed by atoms with van der Waals surface area (Å²) in [6.07, 6.45) is 0.501. The van der Waals surface area contributed by atoms with Crippen LogP contribution in [-0.4, -0.2) is 134 Å². The Labute approximate surface area is 188 Å². The van der Waals surface area contributed by atoms with Crippen LogP contribution in [0.25, 0.3) is 0 Å². The predicted octanol–water partition coefficient (Wildman–Crippen LogP) is -1.29. The van der Waals surface area contributed by atoms with Gasteiger partial charge in [0.1, 0.15) is 36.9 Å². The van der Waals surface area contributed by atoms with Crippen LogP contribution in [0.2, 0.25) is 0 Å². The Hall–Kier alpha value is -2.40. The van der Waals surface area contributed by atoms with Crippen molar-refractivity contribution in [3.05, 3.63) is 24.3 Å². The number of benzene rings is 1. The monoisotopic (exact) mass is 450 g/mol. The Morgan fingerprint density at radius 2 is 1.03 bits per heavy atom. The number of aliphatic hydroxyl groups is 2. The van der Waals surface area contributed by atoms with E-state index < -0.39 is 12.2 Å². The molecule has 1 aromatic rings.